The second-order valence-electron chi connectivity index (χ2n) is 6.87. The van der Waals surface area contributed by atoms with Crippen LogP contribution in [-0.2, 0) is 21.0 Å². The van der Waals surface area contributed by atoms with Crippen LogP contribution in [0.5, 0.6) is 0 Å². The number of aromatic nitrogens is 2. The SMILES string of the molecule is NC(=O)/C(=C1\Nc2ccc(S(=O)(=O)N3CCNCC3)cc2S1)c1nccc(C(F)(F)F)n1. The fourth-order valence-electron chi connectivity index (χ4n) is 3.22. The normalized spacial score (nSPS) is 18.7. The van der Waals surface area contributed by atoms with Gasteiger partial charge in [-0.15, -0.1) is 0 Å². The largest absolute Gasteiger partial charge is 0.433 e. The Balaban J connectivity index is 1.70. The van der Waals surface area contributed by atoms with Crippen LogP contribution in [0.2, 0.25) is 0 Å². The van der Waals surface area contributed by atoms with Gasteiger partial charge in [-0.3, -0.25) is 4.79 Å². The number of carbonyl (C=O) groups excluding carboxylic acids is 1. The first-order valence-electron chi connectivity index (χ1n) is 9.32. The molecule has 2 aliphatic rings. The summed E-state index contributed by atoms with van der Waals surface area (Å²) in [5.41, 5.74) is 4.36. The van der Waals surface area contributed by atoms with Crippen LogP contribution in [0.25, 0.3) is 5.57 Å². The van der Waals surface area contributed by atoms with Gasteiger partial charge in [-0.25, -0.2) is 18.4 Å². The number of anilines is 1. The average molecular weight is 487 g/mol. The number of piperazine rings is 1. The quantitative estimate of drug-likeness (QED) is 0.554. The first-order valence-corrected chi connectivity index (χ1v) is 11.6. The molecule has 0 aliphatic carbocycles. The third-order valence-electron chi connectivity index (χ3n) is 4.77. The topological polar surface area (TPSA) is 130 Å². The first kappa shape index (κ1) is 22.5. The molecule has 4 N–H and O–H groups in total. The van der Waals surface area contributed by atoms with Crippen molar-refractivity contribution in [1.82, 2.24) is 19.6 Å². The highest BCUT2D eigenvalue weighted by atomic mass is 32.2. The van der Waals surface area contributed by atoms with Gasteiger partial charge in [-0.2, -0.15) is 17.5 Å². The van der Waals surface area contributed by atoms with E-state index in [9.17, 15) is 26.4 Å². The molecule has 1 amide bonds. The number of nitrogens with two attached hydrogens (primary N) is 1. The second kappa shape index (κ2) is 8.35. The molecule has 0 atom stereocenters. The number of rotatable bonds is 4. The minimum absolute atomic E-state index is 0.0737. The zero-order valence-corrected chi connectivity index (χ0v) is 17.9. The van der Waals surface area contributed by atoms with Crippen LogP contribution < -0.4 is 16.4 Å². The highest BCUT2D eigenvalue weighted by molar-refractivity contribution is 8.04. The van der Waals surface area contributed by atoms with E-state index < -0.39 is 33.6 Å². The van der Waals surface area contributed by atoms with E-state index in [2.05, 4.69) is 20.6 Å². The summed E-state index contributed by atoms with van der Waals surface area (Å²) < 4.78 is 66.3. The molecule has 0 saturated carbocycles. The summed E-state index contributed by atoms with van der Waals surface area (Å²) in [5, 5.41) is 6.09. The Labute approximate surface area is 185 Å². The Hall–Kier alpha value is -2.68. The van der Waals surface area contributed by atoms with Crippen molar-refractivity contribution in [2.75, 3.05) is 31.5 Å². The second-order valence-corrected chi connectivity index (χ2v) is 9.86. The summed E-state index contributed by atoms with van der Waals surface area (Å²) in [6, 6.07) is 5.08. The van der Waals surface area contributed by atoms with Crippen LogP contribution in [0.1, 0.15) is 11.5 Å². The van der Waals surface area contributed by atoms with Crippen molar-refractivity contribution < 1.29 is 26.4 Å². The van der Waals surface area contributed by atoms with Crippen LogP contribution in [0.3, 0.4) is 0 Å². The summed E-state index contributed by atoms with van der Waals surface area (Å²) in [6.07, 6.45) is -3.84. The lowest BCUT2D eigenvalue weighted by Crippen LogP contribution is -2.46. The zero-order valence-electron chi connectivity index (χ0n) is 16.3. The maximum Gasteiger partial charge on any atom is 0.433 e. The van der Waals surface area contributed by atoms with Gasteiger partial charge in [0.25, 0.3) is 5.91 Å². The molecular formula is C18H17F3N6O3S2. The van der Waals surface area contributed by atoms with Gasteiger partial charge < -0.3 is 16.4 Å². The lowest BCUT2D eigenvalue weighted by atomic mass is 10.2. The molecule has 0 spiro atoms. The number of benzene rings is 1. The Kier molecular flexibility index (Phi) is 5.87. The van der Waals surface area contributed by atoms with Gasteiger partial charge in [0.15, 0.2) is 5.82 Å². The fraction of sp³-hybridized carbons (Fsp3) is 0.278. The number of carbonyl (C=O) groups is 1. The smallest absolute Gasteiger partial charge is 0.365 e. The third-order valence-corrected chi connectivity index (χ3v) is 7.73. The van der Waals surface area contributed by atoms with E-state index in [4.69, 9.17) is 5.73 Å². The Morgan fingerprint density at radius 2 is 1.91 bits per heavy atom. The zero-order chi connectivity index (χ0) is 23.1. The van der Waals surface area contributed by atoms with E-state index in [-0.39, 0.29) is 15.5 Å². The predicted octanol–water partition coefficient (Wildman–Crippen LogP) is 1.46. The van der Waals surface area contributed by atoms with Crippen molar-refractivity contribution in [3.8, 4) is 0 Å². The number of thioether (sulfide) groups is 1. The summed E-state index contributed by atoms with van der Waals surface area (Å²) in [6.45, 7) is 1.78. The lowest BCUT2D eigenvalue weighted by molar-refractivity contribution is -0.141. The summed E-state index contributed by atoms with van der Waals surface area (Å²) in [4.78, 5) is 19.8. The van der Waals surface area contributed by atoms with Crippen molar-refractivity contribution in [3.63, 3.8) is 0 Å². The van der Waals surface area contributed by atoms with Gasteiger partial charge in [0.05, 0.1) is 15.6 Å². The molecule has 2 aliphatic heterocycles. The highest BCUT2D eigenvalue weighted by Gasteiger charge is 2.34. The third kappa shape index (κ3) is 4.30. The average Bonchev–Trinajstić information content (AvgIpc) is 3.16. The number of hydrogen-bond acceptors (Lipinski definition) is 8. The van der Waals surface area contributed by atoms with Crippen molar-refractivity contribution in [2.24, 2.45) is 5.73 Å². The molecule has 14 heteroatoms. The number of hydrogen-bond donors (Lipinski definition) is 3. The van der Waals surface area contributed by atoms with Crippen LogP contribution in [-0.4, -0.2) is 54.8 Å². The molecule has 3 heterocycles. The molecular weight excluding hydrogens is 469 g/mol. The molecule has 9 nitrogen and oxygen atoms in total. The molecule has 0 radical (unpaired) electrons. The molecule has 1 aromatic carbocycles. The molecule has 1 fully saturated rings. The molecule has 2 aromatic rings. The number of halogens is 3. The van der Waals surface area contributed by atoms with E-state index in [0.29, 0.717) is 42.8 Å². The summed E-state index contributed by atoms with van der Waals surface area (Å²) in [7, 11) is -3.72. The summed E-state index contributed by atoms with van der Waals surface area (Å²) in [5.74, 6) is -1.51. The lowest BCUT2D eigenvalue weighted by Gasteiger charge is -2.26. The standard InChI is InChI=1S/C18H17F3N6O3S2/c19-18(20,21)13-3-4-24-16(26-13)14(15(22)28)17-25-11-2-1-10(9-12(11)31-17)32(29,30)27-7-5-23-6-8-27/h1-4,9,23,25H,5-8H2,(H2,22,28)/b17-14-. The van der Waals surface area contributed by atoms with Crippen LogP contribution in [0.4, 0.5) is 18.9 Å². The van der Waals surface area contributed by atoms with Crippen LogP contribution in [0.15, 0.2) is 45.3 Å². The Bertz CT molecular complexity index is 1210. The molecule has 32 heavy (non-hydrogen) atoms. The number of nitrogens with one attached hydrogen (secondary N) is 2. The monoisotopic (exact) mass is 486 g/mol. The van der Waals surface area contributed by atoms with E-state index in [0.717, 1.165) is 18.0 Å². The maximum atomic E-state index is 13.0. The number of amides is 1. The maximum absolute atomic E-state index is 13.0. The molecule has 1 saturated heterocycles. The number of alkyl halides is 3. The highest BCUT2D eigenvalue weighted by Crippen LogP contribution is 2.45. The number of primary amides is 1. The molecule has 1 aromatic heterocycles. The minimum Gasteiger partial charge on any atom is -0.365 e. The fourth-order valence-corrected chi connectivity index (χ4v) is 5.85. The van der Waals surface area contributed by atoms with E-state index in [1.165, 1.54) is 22.5 Å². The van der Waals surface area contributed by atoms with Crippen molar-refractivity contribution >= 4 is 39.0 Å². The molecule has 0 bridgehead atoms. The van der Waals surface area contributed by atoms with Crippen molar-refractivity contribution in [3.05, 3.63) is 47.0 Å². The van der Waals surface area contributed by atoms with Gasteiger partial charge >= 0.3 is 6.18 Å². The van der Waals surface area contributed by atoms with E-state index in [1.54, 1.807) is 0 Å². The number of sulfonamides is 1. The summed E-state index contributed by atoms with van der Waals surface area (Å²) >= 11 is 0.969. The van der Waals surface area contributed by atoms with E-state index in [1.807, 2.05) is 0 Å². The number of fused-ring (bicyclic) bond motifs is 1. The Morgan fingerprint density at radius 3 is 2.56 bits per heavy atom. The van der Waals surface area contributed by atoms with Crippen molar-refractivity contribution in [2.45, 2.75) is 16.0 Å². The van der Waals surface area contributed by atoms with E-state index >= 15 is 0 Å². The van der Waals surface area contributed by atoms with Crippen molar-refractivity contribution in [1.29, 1.82) is 0 Å². The van der Waals surface area contributed by atoms with Gasteiger partial charge in [-0.05, 0) is 24.3 Å². The van der Waals surface area contributed by atoms with Gasteiger partial charge in [0, 0.05) is 37.3 Å². The first-order chi connectivity index (χ1) is 15.1. The van der Waals surface area contributed by atoms with Gasteiger partial charge in [0.1, 0.15) is 11.3 Å². The van der Waals surface area contributed by atoms with Gasteiger partial charge in [0.2, 0.25) is 10.0 Å². The minimum atomic E-state index is -4.72. The predicted molar refractivity (Wildman–Crippen MR) is 111 cm³/mol. The molecule has 4 rings (SSSR count). The van der Waals surface area contributed by atoms with Crippen LogP contribution >= 0.6 is 11.8 Å². The molecule has 170 valence electrons. The van der Waals surface area contributed by atoms with Crippen LogP contribution in [0, 0.1) is 0 Å². The number of nitrogens with zero attached hydrogens (tertiary/aromatic N) is 3. The van der Waals surface area contributed by atoms with Gasteiger partial charge in [-0.1, -0.05) is 11.8 Å². The molecule has 0 unspecified atom stereocenters. The Morgan fingerprint density at radius 1 is 1.19 bits per heavy atom.